The number of aryl methyl sites for hydroxylation is 2. The number of rotatable bonds is 2. The number of benzene rings is 1. The fourth-order valence-electron chi connectivity index (χ4n) is 2.17. The van der Waals surface area contributed by atoms with Crippen molar-refractivity contribution in [3.05, 3.63) is 29.5 Å². The third-order valence-corrected chi connectivity index (χ3v) is 2.88. The third kappa shape index (κ3) is 1.34. The highest BCUT2D eigenvalue weighted by Gasteiger charge is 2.18. The highest BCUT2D eigenvalue weighted by molar-refractivity contribution is 5.99. The Hall–Kier alpha value is -1.97. The van der Waals surface area contributed by atoms with E-state index in [0.717, 1.165) is 16.5 Å². The molecule has 84 valence electrons. The summed E-state index contributed by atoms with van der Waals surface area (Å²) in [6.07, 6.45) is 0.683. The number of anilines is 1. The maximum atomic E-state index is 11.2. The number of nitrogens with zero attached hydrogens (tertiary/aromatic N) is 1. The van der Waals surface area contributed by atoms with Gasteiger partial charge in [0.2, 0.25) is 0 Å². The molecule has 0 bridgehead atoms. The number of nitrogen functional groups attached to an aromatic ring is 1. The van der Waals surface area contributed by atoms with Crippen LogP contribution in [0.2, 0.25) is 0 Å². The molecular formula is C12H14N2O2. The van der Waals surface area contributed by atoms with Gasteiger partial charge in [-0.3, -0.25) is 0 Å². The molecule has 0 saturated carbocycles. The number of aromatic carboxylic acids is 1. The summed E-state index contributed by atoms with van der Waals surface area (Å²) in [4.78, 5) is 11.2. The second kappa shape index (κ2) is 3.56. The van der Waals surface area contributed by atoms with E-state index in [1.54, 1.807) is 17.7 Å². The second-order valence-electron chi connectivity index (χ2n) is 3.82. The Labute approximate surface area is 93.3 Å². The Kier molecular flexibility index (Phi) is 2.34. The van der Waals surface area contributed by atoms with Gasteiger partial charge < -0.3 is 15.4 Å². The van der Waals surface area contributed by atoms with Crippen LogP contribution in [-0.4, -0.2) is 15.6 Å². The summed E-state index contributed by atoms with van der Waals surface area (Å²) < 4.78 is 1.70. The van der Waals surface area contributed by atoms with Crippen molar-refractivity contribution in [3.8, 4) is 0 Å². The molecule has 4 heteroatoms. The number of hydrogen-bond donors (Lipinski definition) is 2. The first-order valence-corrected chi connectivity index (χ1v) is 5.16. The number of hydrogen-bond acceptors (Lipinski definition) is 2. The summed E-state index contributed by atoms with van der Waals surface area (Å²) in [6.45, 7) is 1.95. The fourth-order valence-corrected chi connectivity index (χ4v) is 2.17. The molecule has 0 unspecified atom stereocenters. The van der Waals surface area contributed by atoms with Gasteiger partial charge in [-0.2, -0.15) is 0 Å². The number of nitrogens with two attached hydrogens (primary N) is 1. The van der Waals surface area contributed by atoms with Crippen molar-refractivity contribution in [1.29, 1.82) is 0 Å². The van der Waals surface area contributed by atoms with Crippen LogP contribution in [0.4, 0.5) is 5.69 Å². The average Bonchev–Trinajstić information content (AvgIpc) is 2.50. The van der Waals surface area contributed by atoms with Crippen LogP contribution in [0.15, 0.2) is 18.2 Å². The monoisotopic (exact) mass is 218 g/mol. The number of aromatic nitrogens is 1. The van der Waals surface area contributed by atoms with Crippen LogP contribution in [0.5, 0.6) is 0 Å². The third-order valence-electron chi connectivity index (χ3n) is 2.88. The van der Waals surface area contributed by atoms with Gasteiger partial charge >= 0.3 is 5.97 Å². The largest absolute Gasteiger partial charge is 0.477 e. The SMILES string of the molecule is CCc1c(C(=O)O)n(C)c2ccc(N)cc12. The van der Waals surface area contributed by atoms with Gasteiger partial charge in [0, 0.05) is 23.6 Å². The van der Waals surface area contributed by atoms with Crippen molar-refractivity contribution in [2.24, 2.45) is 7.05 Å². The van der Waals surface area contributed by atoms with Crippen LogP contribution >= 0.6 is 0 Å². The van der Waals surface area contributed by atoms with E-state index in [1.165, 1.54) is 0 Å². The maximum absolute atomic E-state index is 11.2. The van der Waals surface area contributed by atoms with Gasteiger partial charge in [0.25, 0.3) is 0 Å². The van der Waals surface area contributed by atoms with E-state index in [1.807, 2.05) is 19.1 Å². The molecule has 4 nitrogen and oxygen atoms in total. The zero-order chi connectivity index (χ0) is 11.9. The summed E-state index contributed by atoms with van der Waals surface area (Å²) in [7, 11) is 1.77. The molecule has 0 amide bonds. The molecule has 16 heavy (non-hydrogen) atoms. The molecule has 0 radical (unpaired) electrons. The lowest BCUT2D eigenvalue weighted by Crippen LogP contribution is -2.06. The summed E-state index contributed by atoms with van der Waals surface area (Å²) in [5.74, 6) is -0.894. The van der Waals surface area contributed by atoms with Crippen LogP contribution in [-0.2, 0) is 13.5 Å². The van der Waals surface area contributed by atoms with E-state index in [9.17, 15) is 9.90 Å². The fraction of sp³-hybridized carbons (Fsp3) is 0.250. The van der Waals surface area contributed by atoms with E-state index >= 15 is 0 Å². The molecule has 0 aliphatic carbocycles. The minimum atomic E-state index is -0.894. The van der Waals surface area contributed by atoms with E-state index < -0.39 is 5.97 Å². The molecule has 1 aromatic heterocycles. The average molecular weight is 218 g/mol. The molecule has 0 atom stereocenters. The second-order valence-corrected chi connectivity index (χ2v) is 3.82. The van der Waals surface area contributed by atoms with Crippen LogP contribution in [0.25, 0.3) is 10.9 Å². The Morgan fingerprint density at radius 3 is 2.75 bits per heavy atom. The number of carboxylic acid groups (broad SMARTS) is 1. The number of carbonyl (C=O) groups is 1. The van der Waals surface area contributed by atoms with Crippen LogP contribution in [0, 0.1) is 0 Å². The van der Waals surface area contributed by atoms with Gasteiger partial charge in [-0.25, -0.2) is 4.79 Å². The minimum Gasteiger partial charge on any atom is -0.477 e. The van der Waals surface area contributed by atoms with Gasteiger partial charge in [-0.05, 0) is 30.2 Å². The minimum absolute atomic E-state index is 0.350. The summed E-state index contributed by atoms with van der Waals surface area (Å²) in [5.41, 5.74) is 8.48. The molecule has 2 rings (SSSR count). The Morgan fingerprint density at radius 1 is 1.50 bits per heavy atom. The first-order valence-electron chi connectivity index (χ1n) is 5.16. The Bertz CT molecular complexity index is 570. The van der Waals surface area contributed by atoms with Gasteiger partial charge in [0.15, 0.2) is 0 Å². The smallest absolute Gasteiger partial charge is 0.352 e. The molecule has 0 fully saturated rings. The molecule has 0 aliphatic heterocycles. The van der Waals surface area contributed by atoms with Crippen molar-refractivity contribution in [2.75, 3.05) is 5.73 Å². The van der Waals surface area contributed by atoms with Gasteiger partial charge in [-0.1, -0.05) is 6.92 Å². The van der Waals surface area contributed by atoms with E-state index in [-0.39, 0.29) is 0 Å². The predicted molar refractivity (Wildman–Crippen MR) is 63.7 cm³/mol. The first kappa shape index (κ1) is 10.5. The summed E-state index contributed by atoms with van der Waals surface area (Å²) in [6, 6.07) is 5.48. The lowest BCUT2D eigenvalue weighted by atomic mass is 10.1. The quantitative estimate of drug-likeness (QED) is 0.758. The lowest BCUT2D eigenvalue weighted by Gasteiger charge is -1.99. The molecule has 1 heterocycles. The number of fused-ring (bicyclic) bond motifs is 1. The molecule has 0 aliphatic rings. The Morgan fingerprint density at radius 2 is 2.19 bits per heavy atom. The summed E-state index contributed by atoms with van der Waals surface area (Å²) >= 11 is 0. The van der Waals surface area contributed by atoms with Crippen LogP contribution in [0.3, 0.4) is 0 Å². The van der Waals surface area contributed by atoms with Crippen LogP contribution in [0.1, 0.15) is 23.0 Å². The number of carboxylic acids is 1. The molecule has 3 N–H and O–H groups in total. The molecular weight excluding hydrogens is 204 g/mol. The van der Waals surface area contributed by atoms with Crippen molar-refractivity contribution < 1.29 is 9.90 Å². The zero-order valence-corrected chi connectivity index (χ0v) is 9.32. The zero-order valence-electron chi connectivity index (χ0n) is 9.32. The van der Waals surface area contributed by atoms with Crippen molar-refractivity contribution in [3.63, 3.8) is 0 Å². The van der Waals surface area contributed by atoms with E-state index in [4.69, 9.17) is 5.73 Å². The molecule has 0 saturated heterocycles. The summed E-state index contributed by atoms with van der Waals surface area (Å²) in [5, 5.41) is 10.1. The van der Waals surface area contributed by atoms with E-state index in [0.29, 0.717) is 17.8 Å². The van der Waals surface area contributed by atoms with Crippen molar-refractivity contribution >= 4 is 22.6 Å². The van der Waals surface area contributed by atoms with Crippen molar-refractivity contribution in [1.82, 2.24) is 4.57 Å². The normalized spacial score (nSPS) is 10.9. The Balaban J connectivity index is 2.91. The predicted octanol–water partition coefficient (Wildman–Crippen LogP) is 2.02. The molecule has 0 spiro atoms. The van der Waals surface area contributed by atoms with Crippen molar-refractivity contribution in [2.45, 2.75) is 13.3 Å². The van der Waals surface area contributed by atoms with Gasteiger partial charge in [0.05, 0.1) is 0 Å². The first-order chi connectivity index (χ1) is 7.56. The highest BCUT2D eigenvalue weighted by atomic mass is 16.4. The maximum Gasteiger partial charge on any atom is 0.352 e. The molecule has 2 aromatic rings. The van der Waals surface area contributed by atoms with Gasteiger partial charge in [-0.15, -0.1) is 0 Å². The standard InChI is InChI=1S/C12H14N2O2/c1-3-8-9-6-7(13)4-5-10(9)14(2)11(8)12(15)16/h4-6H,3,13H2,1-2H3,(H,15,16). The highest BCUT2D eigenvalue weighted by Crippen LogP contribution is 2.27. The van der Waals surface area contributed by atoms with Crippen LogP contribution < -0.4 is 5.73 Å². The van der Waals surface area contributed by atoms with Gasteiger partial charge in [0.1, 0.15) is 5.69 Å². The topological polar surface area (TPSA) is 68.2 Å². The lowest BCUT2D eigenvalue weighted by molar-refractivity contribution is 0.0686. The van der Waals surface area contributed by atoms with E-state index in [2.05, 4.69) is 0 Å². The molecule has 1 aromatic carbocycles.